The summed E-state index contributed by atoms with van der Waals surface area (Å²) >= 11 is 6.25. The minimum Gasteiger partial charge on any atom is -0.494 e. The Morgan fingerprint density at radius 3 is 2.31 bits per heavy atom. The molecule has 4 aromatic rings. The fraction of sp³-hybridized carbons (Fsp3) is 0.286. The van der Waals surface area contributed by atoms with E-state index in [1.54, 1.807) is 0 Å². The number of benzene rings is 3. The SMILES string of the molecule is COc1cc(/N=N/c2cc(S(=O)(=O)O)c3cccc(S(=O)(=O)O)c3c2)c(NC(C)=O)cc1Nc1nc(Cl)nc(N2CCN(CCN)CC2)n1. The number of carbonyl (C=O) groups excluding carboxylic acids is 1. The molecular weight excluding hydrogens is 704 g/mol. The van der Waals surface area contributed by atoms with Crippen molar-refractivity contribution in [1.29, 1.82) is 0 Å². The molecule has 49 heavy (non-hydrogen) atoms. The largest absolute Gasteiger partial charge is 0.494 e. The predicted octanol–water partition coefficient (Wildman–Crippen LogP) is 3.38. The van der Waals surface area contributed by atoms with Gasteiger partial charge in [-0.05, 0) is 35.9 Å². The first-order valence-corrected chi connectivity index (χ1v) is 17.7. The number of ether oxygens (including phenoxy) is 1. The van der Waals surface area contributed by atoms with E-state index in [0.29, 0.717) is 31.3 Å². The summed E-state index contributed by atoms with van der Waals surface area (Å²) in [4.78, 5) is 28.0. The number of azo groups is 1. The number of fused-ring (bicyclic) bond motifs is 1. The van der Waals surface area contributed by atoms with Gasteiger partial charge in [0.2, 0.25) is 23.1 Å². The third-order valence-electron chi connectivity index (χ3n) is 7.30. The maximum Gasteiger partial charge on any atom is 0.295 e. The molecule has 0 aliphatic carbocycles. The van der Waals surface area contributed by atoms with E-state index in [-0.39, 0.29) is 44.8 Å². The van der Waals surface area contributed by atoms with Crippen LogP contribution in [0.4, 0.5) is 34.6 Å². The van der Waals surface area contributed by atoms with Crippen LogP contribution in [-0.2, 0) is 25.0 Å². The predicted molar refractivity (Wildman–Crippen MR) is 181 cm³/mol. The van der Waals surface area contributed by atoms with Gasteiger partial charge in [-0.15, -0.1) is 5.11 Å². The summed E-state index contributed by atoms with van der Waals surface area (Å²) in [6, 6.07) is 8.54. The molecule has 0 radical (unpaired) electrons. The Morgan fingerprint density at radius 1 is 0.959 bits per heavy atom. The molecule has 0 spiro atoms. The number of hydrogen-bond acceptors (Lipinski definition) is 15. The Balaban J connectivity index is 1.52. The summed E-state index contributed by atoms with van der Waals surface area (Å²) < 4.78 is 73.7. The molecule has 0 atom stereocenters. The van der Waals surface area contributed by atoms with Gasteiger partial charge in [0.15, 0.2) is 0 Å². The van der Waals surface area contributed by atoms with E-state index in [1.807, 2.05) is 4.90 Å². The number of nitrogens with two attached hydrogens (primary N) is 1. The third-order valence-corrected chi connectivity index (χ3v) is 9.28. The molecule has 1 fully saturated rings. The van der Waals surface area contributed by atoms with Crippen molar-refractivity contribution >= 4 is 83.2 Å². The second kappa shape index (κ2) is 14.5. The van der Waals surface area contributed by atoms with Crippen LogP contribution in [0.1, 0.15) is 6.92 Å². The number of methoxy groups -OCH3 is 1. The zero-order valence-corrected chi connectivity index (χ0v) is 28.4. The molecule has 1 aliphatic heterocycles. The van der Waals surface area contributed by atoms with Gasteiger partial charge >= 0.3 is 0 Å². The highest BCUT2D eigenvalue weighted by atomic mass is 35.5. The molecule has 0 saturated carbocycles. The molecule has 260 valence electrons. The van der Waals surface area contributed by atoms with E-state index < -0.39 is 35.9 Å². The first-order chi connectivity index (χ1) is 23.2. The highest BCUT2D eigenvalue weighted by molar-refractivity contribution is 7.86. The lowest BCUT2D eigenvalue weighted by Gasteiger charge is -2.34. The Morgan fingerprint density at radius 2 is 1.67 bits per heavy atom. The van der Waals surface area contributed by atoms with Crippen molar-refractivity contribution in [2.24, 2.45) is 16.0 Å². The van der Waals surface area contributed by atoms with Crippen LogP contribution in [0.25, 0.3) is 10.8 Å². The Kier molecular flexibility index (Phi) is 10.6. The highest BCUT2D eigenvalue weighted by Gasteiger charge is 2.23. The summed E-state index contributed by atoms with van der Waals surface area (Å²) in [5.41, 5.74) is 5.93. The van der Waals surface area contributed by atoms with E-state index in [1.165, 1.54) is 44.4 Å². The van der Waals surface area contributed by atoms with Gasteiger partial charge in [-0.1, -0.05) is 12.1 Å². The first-order valence-electron chi connectivity index (χ1n) is 14.5. The fourth-order valence-corrected chi connectivity index (χ4v) is 6.72. The van der Waals surface area contributed by atoms with Gasteiger partial charge in [0.1, 0.15) is 21.2 Å². The highest BCUT2D eigenvalue weighted by Crippen LogP contribution is 2.40. The number of piperazine rings is 1. The number of nitrogens with one attached hydrogen (secondary N) is 2. The fourth-order valence-electron chi connectivity index (χ4n) is 5.14. The quantitative estimate of drug-likeness (QED) is 0.109. The molecule has 1 aromatic heterocycles. The number of hydrogen-bond donors (Lipinski definition) is 5. The van der Waals surface area contributed by atoms with Crippen LogP contribution in [0, 0.1) is 0 Å². The van der Waals surface area contributed by atoms with E-state index in [9.17, 15) is 30.7 Å². The molecule has 5 rings (SSSR count). The molecular formula is C28H31ClN10O8S2. The van der Waals surface area contributed by atoms with E-state index >= 15 is 0 Å². The topological polar surface area (TPSA) is 255 Å². The van der Waals surface area contributed by atoms with Crippen molar-refractivity contribution in [3.05, 3.63) is 47.7 Å². The summed E-state index contributed by atoms with van der Waals surface area (Å²) in [6.07, 6.45) is 0. The number of amides is 1. The van der Waals surface area contributed by atoms with Gasteiger partial charge in [0, 0.05) is 63.0 Å². The van der Waals surface area contributed by atoms with Crippen molar-refractivity contribution in [2.75, 3.05) is 61.9 Å². The van der Waals surface area contributed by atoms with Crippen molar-refractivity contribution in [1.82, 2.24) is 19.9 Å². The lowest BCUT2D eigenvalue weighted by Crippen LogP contribution is -2.48. The summed E-state index contributed by atoms with van der Waals surface area (Å²) in [7, 11) is -8.31. The summed E-state index contributed by atoms with van der Waals surface area (Å²) in [5, 5.41) is 13.4. The van der Waals surface area contributed by atoms with Crippen LogP contribution in [0.2, 0.25) is 5.28 Å². The zero-order chi connectivity index (χ0) is 35.5. The number of rotatable bonds is 11. The van der Waals surface area contributed by atoms with Crippen molar-refractivity contribution in [2.45, 2.75) is 16.7 Å². The molecule has 1 saturated heterocycles. The number of nitrogens with zero attached hydrogens (tertiary/aromatic N) is 7. The second-order valence-corrected chi connectivity index (χ2v) is 13.8. The number of carbonyl (C=O) groups is 1. The van der Waals surface area contributed by atoms with Crippen LogP contribution >= 0.6 is 11.6 Å². The van der Waals surface area contributed by atoms with Crippen LogP contribution in [-0.4, -0.2) is 98.1 Å². The molecule has 18 nitrogen and oxygen atoms in total. The van der Waals surface area contributed by atoms with E-state index in [4.69, 9.17) is 22.1 Å². The minimum absolute atomic E-state index is 0.0406. The summed E-state index contributed by atoms with van der Waals surface area (Å²) in [6.45, 7) is 5.45. The molecule has 0 bridgehead atoms. The van der Waals surface area contributed by atoms with Crippen LogP contribution in [0.5, 0.6) is 5.75 Å². The number of anilines is 4. The third kappa shape index (κ3) is 8.54. The standard InChI is InChI=1S/C28H31ClN10O8S2/c1-16(40)31-20-14-22(32-27-33-26(29)34-28(35-27)39-10-8-38(7-6-30)9-11-39)23(47-2)15-21(20)37-36-17-12-19-18(25(13-17)49(44,45)46)4-3-5-24(19)48(41,42)43/h3-5,12-15H,6-11,30H2,1-2H3,(H,31,40)(H,41,42,43)(H,44,45,46)(H,32,33,34,35)/b37-36+. The normalized spacial score (nSPS) is 14.4. The zero-order valence-electron chi connectivity index (χ0n) is 26.0. The van der Waals surface area contributed by atoms with Crippen molar-refractivity contribution < 1.29 is 35.5 Å². The number of halogens is 1. The number of aromatic nitrogens is 3. The maximum absolute atomic E-state index is 12.2. The van der Waals surface area contributed by atoms with E-state index in [2.05, 4.69) is 40.7 Å². The average molecular weight is 735 g/mol. The second-order valence-electron chi connectivity index (χ2n) is 10.7. The average Bonchev–Trinajstić information content (AvgIpc) is 3.02. The minimum atomic E-state index is -4.88. The van der Waals surface area contributed by atoms with Crippen LogP contribution in [0.15, 0.2) is 62.5 Å². The Bertz CT molecular complexity index is 2160. The monoisotopic (exact) mass is 734 g/mol. The lowest BCUT2D eigenvalue weighted by molar-refractivity contribution is -0.114. The van der Waals surface area contributed by atoms with Crippen molar-refractivity contribution in [3.8, 4) is 5.75 Å². The molecule has 21 heteroatoms. The van der Waals surface area contributed by atoms with Crippen LogP contribution < -0.4 is 26.0 Å². The molecule has 6 N–H and O–H groups in total. The van der Waals surface area contributed by atoms with Gasteiger partial charge in [0.25, 0.3) is 20.2 Å². The molecule has 1 amide bonds. The van der Waals surface area contributed by atoms with Crippen molar-refractivity contribution in [3.63, 3.8) is 0 Å². The molecule has 1 aliphatic rings. The van der Waals surface area contributed by atoms with E-state index in [0.717, 1.165) is 31.8 Å². The van der Waals surface area contributed by atoms with Gasteiger partial charge in [0.05, 0.1) is 24.2 Å². The maximum atomic E-state index is 12.2. The molecule has 0 unspecified atom stereocenters. The molecule has 3 aromatic carbocycles. The van der Waals surface area contributed by atoms with Gasteiger partial charge < -0.3 is 26.0 Å². The first kappa shape index (κ1) is 35.7. The van der Waals surface area contributed by atoms with Gasteiger partial charge in [-0.3, -0.25) is 18.8 Å². The lowest BCUT2D eigenvalue weighted by atomic mass is 10.1. The Labute approximate surface area is 285 Å². The molecule has 2 heterocycles. The van der Waals surface area contributed by atoms with Gasteiger partial charge in [-0.2, -0.15) is 36.9 Å². The van der Waals surface area contributed by atoms with Gasteiger partial charge in [-0.25, -0.2) is 0 Å². The summed E-state index contributed by atoms with van der Waals surface area (Å²) in [5.74, 6) is 0.175. The smallest absolute Gasteiger partial charge is 0.295 e. The van der Waals surface area contributed by atoms with Crippen LogP contribution in [0.3, 0.4) is 0 Å². The Hall–Kier alpha value is -4.57.